The highest BCUT2D eigenvalue weighted by molar-refractivity contribution is 5.95. The maximum atomic E-state index is 12.5. The number of anilines is 1. The Bertz CT molecular complexity index is 815. The second kappa shape index (κ2) is 8.71. The number of benzene rings is 2. The Labute approximate surface area is 160 Å². The van der Waals surface area contributed by atoms with Crippen molar-refractivity contribution in [1.82, 2.24) is 5.32 Å². The summed E-state index contributed by atoms with van der Waals surface area (Å²) in [5.41, 5.74) is 5.12. The van der Waals surface area contributed by atoms with Crippen molar-refractivity contribution in [2.75, 3.05) is 11.9 Å². The third kappa shape index (κ3) is 4.88. The summed E-state index contributed by atoms with van der Waals surface area (Å²) in [5.74, 6) is -0.136. The summed E-state index contributed by atoms with van der Waals surface area (Å²) in [6, 6.07) is 13.2. The number of carbonyl (C=O) groups excluding carboxylic acids is 2. The molecular formula is C22H26N2O3. The molecule has 2 aromatic rings. The van der Waals surface area contributed by atoms with Gasteiger partial charge in [0.25, 0.3) is 5.91 Å². The standard InChI is InChI=1S/C22H26N2O3/c1-3-27-22(26)24-20-12-10-17(11-13-20)21(25)23-15(2)18-9-8-16-6-4-5-7-19(16)14-18/h8-15H,3-7H2,1-2H3,(H,23,25)(H,24,26)/t15-/m1/s1. The molecule has 142 valence electrons. The van der Waals surface area contributed by atoms with Crippen LogP contribution in [0.5, 0.6) is 0 Å². The number of fused-ring (bicyclic) bond motifs is 1. The molecule has 1 atom stereocenters. The molecule has 0 aliphatic heterocycles. The van der Waals surface area contributed by atoms with Gasteiger partial charge in [0.15, 0.2) is 0 Å². The number of nitrogens with one attached hydrogen (secondary N) is 2. The number of ether oxygens (including phenoxy) is 1. The van der Waals surface area contributed by atoms with Gasteiger partial charge in [-0.15, -0.1) is 0 Å². The Morgan fingerprint density at radius 2 is 1.74 bits per heavy atom. The Morgan fingerprint density at radius 1 is 1.04 bits per heavy atom. The average Bonchev–Trinajstić information content (AvgIpc) is 2.68. The Morgan fingerprint density at radius 3 is 2.44 bits per heavy atom. The molecule has 3 rings (SSSR count). The van der Waals surface area contributed by atoms with E-state index in [0.717, 1.165) is 18.4 Å². The first kappa shape index (κ1) is 19.0. The summed E-state index contributed by atoms with van der Waals surface area (Å²) in [7, 11) is 0. The van der Waals surface area contributed by atoms with E-state index in [1.807, 2.05) is 6.92 Å². The number of amides is 2. The van der Waals surface area contributed by atoms with Gasteiger partial charge in [0, 0.05) is 11.3 Å². The molecule has 5 nitrogen and oxygen atoms in total. The van der Waals surface area contributed by atoms with E-state index in [1.54, 1.807) is 31.2 Å². The number of hydrogen-bond acceptors (Lipinski definition) is 3. The molecule has 2 amide bonds. The van der Waals surface area contributed by atoms with Crippen molar-refractivity contribution in [3.8, 4) is 0 Å². The van der Waals surface area contributed by atoms with Gasteiger partial charge < -0.3 is 10.1 Å². The molecule has 27 heavy (non-hydrogen) atoms. The van der Waals surface area contributed by atoms with E-state index in [2.05, 4.69) is 28.8 Å². The molecule has 2 N–H and O–H groups in total. The largest absolute Gasteiger partial charge is 0.450 e. The number of hydrogen-bond donors (Lipinski definition) is 2. The highest BCUT2D eigenvalue weighted by Crippen LogP contribution is 2.25. The molecule has 0 radical (unpaired) electrons. The molecule has 1 aliphatic carbocycles. The Kier molecular flexibility index (Phi) is 6.12. The molecule has 0 saturated carbocycles. The lowest BCUT2D eigenvalue weighted by atomic mass is 9.89. The average molecular weight is 366 g/mol. The van der Waals surface area contributed by atoms with Gasteiger partial charge in [-0.2, -0.15) is 0 Å². The molecule has 0 fully saturated rings. The smallest absolute Gasteiger partial charge is 0.411 e. The molecule has 0 spiro atoms. The summed E-state index contributed by atoms with van der Waals surface area (Å²) >= 11 is 0. The fraction of sp³-hybridized carbons (Fsp3) is 0.364. The second-order valence-electron chi connectivity index (χ2n) is 6.85. The topological polar surface area (TPSA) is 67.4 Å². The third-order valence-electron chi connectivity index (χ3n) is 4.89. The van der Waals surface area contributed by atoms with Gasteiger partial charge >= 0.3 is 6.09 Å². The highest BCUT2D eigenvalue weighted by atomic mass is 16.5. The summed E-state index contributed by atoms with van der Waals surface area (Å²) in [6.45, 7) is 4.06. The maximum Gasteiger partial charge on any atom is 0.411 e. The van der Waals surface area contributed by atoms with Crippen molar-refractivity contribution in [2.45, 2.75) is 45.6 Å². The number of aryl methyl sites for hydroxylation is 2. The highest BCUT2D eigenvalue weighted by Gasteiger charge is 2.15. The van der Waals surface area contributed by atoms with E-state index < -0.39 is 6.09 Å². The van der Waals surface area contributed by atoms with Crippen LogP contribution in [-0.2, 0) is 17.6 Å². The van der Waals surface area contributed by atoms with Crippen LogP contribution >= 0.6 is 0 Å². The van der Waals surface area contributed by atoms with E-state index in [9.17, 15) is 9.59 Å². The molecule has 0 bridgehead atoms. The van der Waals surface area contributed by atoms with E-state index in [0.29, 0.717) is 17.9 Å². The van der Waals surface area contributed by atoms with Crippen LogP contribution in [0.15, 0.2) is 42.5 Å². The van der Waals surface area contributed by atoms with Crippen LogP contribution in [0.3, 0.4) is 0 Å². The van der Waals surface area contributed by atoms with Crippen molar-refractivity contribution in [3.63, 3.8) is 0 Å². The zero-order valence-corrected chi connectivity index (χ0v) is 15.9. The van der Waals surface area contributed by atoms with Crippen LogP contribution in [0, 0.1) is 0 Å². The zero-order chi connectivity index (χ0) is 19.2. The summed E-state index contributed by atoms with van der Waals surface area (Å²) < 4.78 is 4.84. The van der Waals surface area contributed by atoms with E-state index in [4.69, 9.17) is 4.74 Å². The molecule has 0 unspecified atom stereocenters. The molecule has 5 heteroatoms. The fourth-order valence-electron chi connectivity index (χ4n) is 3.38. The molecule has 2 aromatic carbocycles. The zero-order valence-electron chi connectivity index (χ0n) is 15.9. The number of rotatable bonds is 5. The van der Waals surface area contributed by atoms with Gasteiger partial charge in [-0.05, 0) is 80.5 Å². The molecule has 0 heterocycles. The van der Waals surface area contributed by atoms with Crippen molar-refractivity contribution >= 4 is 17.7 Å². The third-order valence-corrected chi connectivity index (χ3v) is 4.89. The monoisotopic (exact) mass is 366 g/mol. The minimum atomic E-state index is -0.504. The van der Waals surface area contributed by atoms with Gasteiger partial charge in [0.1, 0.15) is 0 Å². The molecule has 0 saturated heterocycles. The van der Waals surface area contributed by atoms with Crippen LogP contribution in [0.4, 0.5) is 10.5 Å². The maximum absolute atomic E-state index is 12.5. The van der Waals surface area contributed by atoms with Crippen molar-refractivity contribution in [2.24, 2.45) is 0 Å². The van der Waals surface area contributed by atoms with Crippen LogP contribution < -0.4 is 10.6 Å². The van der Waals surface area contributed by atoms with Gasteiger partial charge in [-0.3, -0.25) is 10.1 Å². The van der Waals surface area contributed by atoms with Gasteiger partial charge in [-0.25, -0.2) is 4.79 Å². The molecule has 1 aliphatic rings. The first-order chi connectivity index (χ1) is 13.1. The minimum Gasteiger partial charge on any atom is -0.450 e. The van der Waals surface area contributed by atoms with Crippen LogP contribution in [0.25, 0.3) is 0 Å². The molecule has 0 aromatic heterocycles. The normalized spacial score (nSPS) is 14.0. The quantitative estimate of drug-likeness (QED) is 0.811. The van der Waals surface area contributed by atoms with E-state index in [1.165, 1.54) is 24.0 Å². The SMILES string of the molecule is CCOC(=O)Nc1ccc(C(=O)N[C@H](C)c2ccc3c(c2)CCCC3)cc1. The van der Waals surface area contributed by atoms with E-state index in [-0.39, 0.29) is 11.9 Å². The summed E-state index contributed by atoms with van der Waals surface area (Å²) in [6.07, 6.45) is 4.28. The van der Waals surface area contributed by atoms with Crippen LogP contribution in [0.1, 0.15) is 59.8 Å². The summed E-state index contributed by atoms with van der Waals surface area (Å²) in [4.78, 5) is 24.0. The minimum absolute atomic E-state index is 0.0675. The molecular weight excluding hydrogens is 340 g/mol. The lowest BCUT2D eigenvalue weighted by molar-refractivity contribution is 0.0940. The van der Waals surface area contributed by atoms with Crippen LogP contribution in [-0.4, -0.2) is 18.6 Å². The number of carbonyl (C=O) groups is 2. The lowest BCUT2D eigenvalue weighted by Crippen LogP contribution is -2.26. The van der Waals surface area contributed by atoms with Crippen molar-refractivity contribution in [3.05, 3.63) is 64.7 Å². The van der Waals surface area contributed by atoms with Crippen molar-refractivity contribution in [1.29, 1.82) is 0 Å². The second-order valence-corrected chi connectivity index (χ2v) is 6.85. The van der Waals surface area contributed by atoms with Crippen molar-refractivity contribution < 1.29 is 14.3 Å². The fourth-order valence-corrected chi connectivity index (χ4v) is 3.38. The Hall–Kier alpha value is -2.82. The first-order valence-corrected chi connectivity index (χ1v) is 9.53. The predicted molar refractivity (Wildman–Crippen MR) is 106 cm³/mol. The van der Waals surface area contributed by atoms with Gasteiger partial charge in [-0.1, -0.05) is 18.2 Å². The first-order valence-electron chi connectivity index (χ1n) is 9.53. The van der Waals surface area contributed by atoms with E-state index >= 15 is 0 Å². The predicted octanol–water partition coefficient (Wildman–Crippen LogP) is 4.62. The van der Waals surface area contributed by atoms with Crippen LogP contribution in [0.2, 0.25) is 0 Å². The van der Waals surface area contributed by atoms with Gasteiger partial charge in [0.05, 0.1) is 12.6 Å². The Balaban J connectivity index is 1.62. The summed E-state index contributed by atoms with van der Waals surface area (Å²) in [5, 5.41) is 5.66. The van der Waals surface area contributed by atoms with Gasteiger partial charge in [0.2, 0.25) is 0 Å². The lowest BCUT2D eigenvalue weighted by Gasteiger charge is -2.20.